The Kier molecular flexibility index (Phi) is 4.07. The maximum atomic E-state index is 13.9. The van der Waals surface area contributed by atoms with Crippen molar-refractivity contribution in [2.24, 2.45) is 0 Å². The van der Waals surface area contributed by atoms with Gasteiger partial charge in [0.15, 0.2) is 11.6 Å². The summed E-state index contributed by atoms with van der Waals surface area (Å²) in [5.41, 5.74) is 1.33. The molecular formula is C15H13FO2. The number of hydrogen-bond acceptors (Lipinski definition) is 2. The summed E-state index contributed by atoms with van der Waals surface area (Å²) in [6, 6.07) is 14.4. The Morgan fingerprint density at radius 2 is 1.83 bits per heavy atom. The molecule has 18 heavy (non-hydrogen) atoms. The second-order valence-electron chi connectivity index (χ2n) is 3.87. The van der Waals surface area contributed by atoms with Crippen LogP contribution in [0.1, 0.15) is 11.1 Å². The number of benzene rings is 2. The van der Waals surface area contributed by atoms with Gasteiger partial charge in [-0.1, -0.05) is 42.5 Å². The van der Waals surface area contributed by atoms with Gasteiger partial charge in [-0.15, -0.1) is 0 Å². The fourth-order valence-electron chi connectivity index (χ4n) is 1.65. The van der Waals surface area contributed by atoms with Gasteiger partial charge < -0.3 is 9.53 Å². The zero-order valence-corrected chi connectivity index (χ0v) is 9.80. The molecule has 0 atom stereocenters. The Balaban J connectivity index is 2.10. The molecule has 92 valence electrons. The zero-order chi connectivity index (χ0) is 12.8. The summed E-state index contributed by atoms with van der Waals surface area (Å²) < 4.78 is 19.3. The van der Waals surface area contributed by atoms with E-state index in [2.05, 4.69) is 0 Å². The van der Waals surface area contributed by atoms with Crippen LogP contribution in [0, 0.1) is 5.82 Å². The third kappa shape index (κ3) is 2.94. The fourth-order valence-corrected chi connectivity index (χ4v) is 1.65. The molecular weight excluding hydrogens is 231 g/mol. The molecule has 2 nitrogen and oxygen atoms in total. The van der Waals surface area contributed by atoms with Gasteiger partial charge in [-0.3, -0.25) is 0 Å². The molecule has 0 unspecified atom stereocenters. The summed E-state index contributed by atoms with van der Waals surface area (Å²) in [7, 11) is 0. The lowest BCUT2D eigenvalue weighted by atomic mass is 10.1. The molecule has 0 radical (unpaired) electrons. The van der Waals surface area contributed by atoms with Crippen molar-refractivity contribution < 1.29 is 13.9 Å². The number of rotatable bonds is 5. The summed E-state index contributed by atoms with van der Waals surface area (Å²) in [5, 5.41) is 0. The van der Waals surface area contributed by atoms with Crippen molar-refractivity contribution in [3.8, 4) is 5.75 Å². The van der Waals surface area contributed by atoms with E-state index in [0.29, 0.717) is 18.5 Å². The minimum absolute atomic E-state index is 0.0639. The van der Waals surface area contributed by atoms with Crippen LogP contribution in [0.15, 0.2) is 48.5 Å². The van der Waals surface area contributed by atoms with Crippen molar-refractivity contribution in [3.05, 3.63) is 65.5 Å². The molecule has 0 heterocycles. The van der Waals surface area contributed by atoms with E-state index in [1.807, 2.05) is 30.3 Å². The normalized spacial score (nSPS) is 10.1. The highest BCUT2D eigenvalue weighted by Crippen LogP contribution is 2.21. The van der Waals surface area contributed by atoms with E-state index in [0.717, 1.165) is 5.56 Å². The summed E-state index contributed by atoms with van der Waals surface area (Å²) in [4.78, 5) is 10.4. The van der Waals surface area contributed by atoms with Gasteiger partial charge in [0.2, 0.25) is 0 Å². The van der Waals surface area contributed by atoms with Gasteiger partial charge in [-0.25, -0.2) is 4.39 Å². The Morgan fingerprint density at radius 3 is 2.56 bits per heavy atom. The van der Waals surface area contributed by atoms with Crippen molar-refractivity contribution in [3.63, 3.8) is 0 Å². The highest BCUT2D eigenvalue weighted by Gasteiger charge is 2.08. The van der Waals surface area contributed by atoms with Crippen LogP contribution in [0.25, 0.3) is 0 Å². The van der Waals surface area contributed by atoms with Crippen molar-refractivity contribution >= 4 is 6.29 Å². The molecule has 0 saturated carbocycles. The molecule has 0 aliphatic heterocycles. The molecule has 0 saturated heterocycles. The molecule has 0 N–H and O–H groups in total. The van der Waals surface area contributed by atoms with Crippen LogP contribution in [0.3, 0.4) is 0 Å². The van der Waals surface area contributed by atoms with E-state index in [9.17, 15) is 9.18 Å². The van der Waals surface area contributed by atoms with Gasteiger partial charge in [-0.05, 0) is 17.2 Å². The number of carbonyl (C=O) groups excluding carboxylic acids is 1. The van der Waals surface area contributed by atoms with Crippen LogP contribution in [-0.2, 0) is 17.8 Å². The minimum Gasteiger partial charge on any atom is -0.486 e. The van der Waals surface area contributed by atoms with Gasteiger partial charge in [0.25, 0.3) is 0 Å². The number of halogens is 1. The van der Waals surface area contributed by atoms with E-state index in [1.54, 1.807) is 18.2 Å². The van der Waals surface area contributed by atoms with Crippen molar-refractivity contribution in [2.45, 2.75) is 13.0 Å². The van der Waals surface area contributed by atoms with Crippen LogP contribution < -0.4 is 4.74 Å². The lowest BCUT2D eigenvalue weighted by Gasteiger charge is -2.09. The molecule has 0 aromatic heterocycles. The molecule has 0 bridgehead atoms. The first kappa shape index (κ1) is 12.3. The van der Waals surface area contributed by atoms with Crippen molar-refractivity contribution in [1.82, 2.24) is 0 Å². The predicted molar refractivity (Wildman–Crippen MR) is 66.9 cm³/mol. The molecule has 0 amide bonds. The smallest absolute Gasteiger partial charge is 0.168 e. The summed E-state index contributed by atoms with van der Waals surface area (Å²) in [5.74, 6) is -0.279. The standard InChI is InChI=1S/C15H13FO2/c16-15-13(9-10-17)7-4-8-14(15)18-11-12-5-2-1-3-6-12/h1-8,10H,9,11H2. The third-order valence-corrected chi connectivity index (χ3v) is 2.58. The lowest BCUT2D eigenvalue weighted by Crippen LogP contribution is -2.00. The molecule has 2 aromatic carbocycles. The molecule has 3 heteroatoms. The van der Waals surface area contributed by atoms with E-state index >= 15 is 0 Å². The monoisotopic (exact) mass is 244 g/mol. The van der Waals surface area contributed by atoms with E-state index in [-0.39, 0.29) is 12.2 Å². The molecule has 2 rings (SSSR count). The summed E-state index contributed by atoms with van der Waals surface area (Å²) in [6.07, 6.45) is 0.744. The maximum absolute atomic E-state index is 13.9. The van der Waals surface area contributed by atoms with Crippen LogP contribution in [-0.4, -0.2) is 6.29 Å². The van der Waals surface area contributed by atoms with Gasteiger partial charge >= 0.3 is 0 Å². The quantitative estimate of drug-likeness (QED) is 0.755. The highest BCUT2D eigenvalue weighted by molar-refractivity contribution is 5.55. The topological polar surface area (TPSA) is 26.3 Å². The van der Waals surface area contributed by atoms with Crippen LogP contribution in [0.4, 0.5) is 4.39 Å². The van der Waals surface area contributed by atoms with Crippen LogP contribution in [0.5, 0.6) is 5.75 Å². The first-order chi connectivity index (χ1) is 8.81. The predicted octanol–water partition coefficient (Wildman–Crippen LogP) is 3.15. The molecule has 2 aromatic rings. The maximum Gasteiger partial charge on any atom is 0.168 e. The zero-order valence-electron chi connectivity index (χ0n) is 9.80. The second kappa shape index (κ2) is 5.96. The van der Waals surface area contributed by atoms with Crippen LogP contribution in [0.2, 0.25) is 0 Å². The Labute approximate surface area is 105 Å². The molecule has 0 aliphatic rings. The first-order valence-corrected chi connectivity index (χ1v) is 5.69. The molecule has 0 aliphatic carbocycles. The third-order valence-electron chi connectivity index (χ3n) is 2.58. The van der Waals surface area contributed by atoms with E-state index < -0.39 is 5.82 Å². The Morgan fingerprint density at radius 1 is 1.06 bits per heavy atom. The van der Waals surface area contributed by atoms with Crippen LogP contribution >= 0.6 is 0 Å². The SMILES string of the molecule is O=CCc1cccc(OCc2ccccc2)c1F. The van der Waals surface area contributed by atoms with Crippen molar-refractivity contribution in [2.75, 3.05) is 0 Å². The lowest BCUT2D eigenvalue weighted by molar-refractivity contribution is -0.107. The molecule has 0 fully saturated rings. The summed E-state index contributed by atoms with van der Waals surface area (Å²) >= 11 is 0. The van der Waals surface area contributed by atoms with Gasteiger partial charge in [0.1, 0.15) is 12.9 Å². The van der Waals surface area contributed by atoms with E-state index in [1.165, 1.54) is 0 Å². The first-order valence-electron chi connectivity index (χ1n) is 5.69. The number of hydrogen-bond donors (Lipinski definition) is 0. The Hall–Kier alpha value is -2.16. The summed E-state index contributed by atoms with van der Waals surface area (Å²) in [6.45, 7) is 0.308. The Bertz CT molecular complexity index is 523. The number of ether oxygens (including phenoxy) is 1. The van der Waals surface area contributed by atoms with Crippen molar-refractivity contribution in [1.29, 1.82) is 0 Å². The number of carbonyl (C=O) groups is 1. The second-order valence-corrected chi connectivity index (χ2v) is 3.87. The van der Waals surface area contributed by atoms with Gasteiger partial charge in [0, 0.05) is 6.42 Å². The molecule has 0 spiro atoms. The van der Waals surface area contributed by atoms with Gasteiger partial charge in [0.05, 0.1) is 0 Å². The highest BCUT2D eigenvalue weighted by atomic mass is 19.1. The largest absolute Gasteiger partial charge is 0.486 e. The van der Waals surface area contributed by atoms with Gasteiger partial charge in [-0.2, -0.15) is 0 Å². The fraction of sp³-hybridized carbons (Fsp3) is 0.133. The average Bonchev–Trinajstić information content (AvgIpc) is 2.41. The van der Waals surface area contributed by atoms with E-state index in [4.69, 9.17) is 4.74 Å². The average molecular weight is 244 g/mol. The minimum atomic E-state index is -0.458. The number of aldehydes is 1.